The van der Waals surface area contributed by atoms with Crippen LogP contribution in [0.4, 0.5) is 5.82 Å². The first kappa shape index (κ1) is 13.5. The molecule has 5 heteroatoms. The van der Waals surface area contributed by atoms with Crippen LogP contribution in [0.1, 0.15) is 38.7 Å². The summed E-state index contributed by atoms with van der Waals surface area (Å²) in [6.45, 7) is 7.37. The summed E-state index contributed by atoms with van der Waals surface area (Å²) in [5.41, 5.74) is 2.95. The molecule has 0 bridgehead atoms. The number of nitrogens with zero attached hydrogens (tertiary/aromatic N) is 4. The first-order chi connectivity index (χ1) is 9.13. The fourth-order valence-corrected chi connectivity index (χ4v) is 2.07. The van der Waals surface area contributed by atoms with Crippen LogP contribution in [0.5, 0.6) is 0 Å². The molecule has 0 amide bonds. The van der Waals surface area contributed by atoms with Gasteiger partial charge in [-0.15, -0.1) is 0 Å². The minimum Gasteiger partial charge on any atom is -0.370 e. The zero-order valence-electron chi connectivity index (χ0n) is 12.0. The fourth-order valence-electron chi connectivity index (χ4n) is 2.07. The molecule has 0 saturated heterocycles. The van der Waals surface area contributed by atoms with Crippen molar-refractivity contribution in [2.45, 2.75) is 33.1 Å². The predicted molar refractivity (Wildman–Crippen MR) is 77.1 cm³/mol. The van der Waals surface area contributed by atoms with Crippen LogP contribution in [0.3, 0.4) is 0 Å². The van der Waals surface area contributed by atoms with Gasteiger partial charge < -0.3 is 5.32 Å². The quantitative estimate of drug-likeness (QED) is 0.897. The summed E-state index contributed by atoms with van der Waals surface area (Å²) in [5, 5.41) is 7.82. The lowest BCUT2D eigenvalue weighted by molar-refractivity contribution is 0.767. The van der Waals surface area contributed by atoms with Crippen LogP contribution in [0, 0.1) is 0 Å². The summed E-state index contributed by atoms with van der Waals surface area (Å²) < 4.78 is 1.79. The van der Waals surface area contributed by atoms with Gasteiger partial charge >= 0.3 is 0 Å². The van der Waals surface area contributed by atoms with E-state index >= 15 is 0 Å². The van der Waals surface area contributed by atoms with Crippen LogP contribution in [-0.2, 0) is 7.05 Å². The van der Waals surface area contributed by atoms with Crippen LogP contribution in [0.25, 0.3) is 11.4 Å². The summed E-state index contributed by atoms with van der Waals surface area (Å²) >= 11 is 0. The van der Waals surface area contributed by atoms with Gasteiger partial charge in [0, 0.05) is 25.4 Å². The third-order valence-electron chi connectivity index (χ3n) is 2.96. The van der Waals surface area contributed by atoms with E-state index in [4.69, 9.17) is 0 Å². The number of anilines is 1. The molecule has 5 nitrogen and oxygen atoms in total. The lowest BCUT2D eigenvalue weighted by Crippen LogP contribution is -2.09. The highest BCUT2D eigenvalue weighted by Crippen LogP contribution is 2.30. The third-order valence-corrected chi connectivity index (χ3v) is 2.96. The number of aryl methyl sites for hydroxylation is 1. The van der Waals surface area contributed by atoms with Crippen molar-refractivity contribution in [1.29, 1.82) is 0 Å². The zero-order chi connectivity index (χ0) is 13.8. The molecule has 0 fully saturated rings. The summed E-state index contributed by atoms with van der Waals surface area (Å²) in [4.78, 5) is 8.80. The SMILES string of the molecule is CCCNc1ncnc(-c2ccn(C)n2)c1C(C)C. The van der Waals surface area contributed by atoms with E-state index in [1.807, 2.05) is 19.3 Å². The molecule has 0 saturated carbocycles. The molecule has 0 atom stereocenters. The van der Waals surface area contributed by atoms with Gasteiger partial charge in [-0.3, -0.25) is 4.68 Å². The Morgan fingerprint density at radius 2 is 2.11 bits per heavy atom. The van der Waals surface area contributed by atoms with E-state index in [1.165, 1.54) is 0 Å². The molecule has 0 radical (unpaired) electrons. The Morgan fingerprint density at radius 3 is 2.68 bits per heavy atom. The van der Waals surface area contributed by atoms with Crippen molar-refractivity contribution in [2.24, 2.45) is 7.05 Å². The van der Waals surface area contributed by atoms with E-state index in [1.54, 1.807) is 11.0 Å². The van der Waals surface area contributed by atoms with Gasteiger partial charge in [-0.25, -0.2) is 9.97 Å². The monoisotopic (exact) mass is 259 g/mol. The second-order valence-electron chi connectivity index (χ2n) is 4.94. The maximum Gasteiger partial charge on any atom is 0.133 e. The predicted octanol–water partition coefficient (Wildman–Crippen LogP) is 2.82. The van der Waals surface area contributed by atoms with Gasteiger partial charge in [-0.1, -0.05) is 20.8 Å². The third kappa shape index (κ3) is 2.92. The van der Waals surface area contributed by atoms with Gasteiger partial charge in [0.25, 0.3) is 0 Å². The summed E-state index contributed by atoms with van der Waals surface area (Å²) in [6.07, 6.45) is 4.61. The van der Waals surface area contributed by atoms with Crippen molar-refractivity contribution in [1.82, 2.24) is 19.7 Å². The van der Waals surface area contributed by atoms with Gasteiger partial charge in [0.2, 0.25) is 0 Å². The van der Waals surface area contributed by atoms with Gasteiger partial charge in [0.15, 0.2) is 0 Å². The fraction of sp³-hybridized carbons (Fsp3) is 0.500. The Bertz CT molecular complexity index is 545. The number of nitrogens with one attached hydrogen (secondary N) is 1. The van der Waals surface area contributed by atoms with Crippen molar-refractivity contribution in [3.8, 4) is 11.4 Å². The highest BCUT2D eigenvalue weighted by molar-refractivity contribution is 5.66. The molecule has 2 aromatic rings. The number of aromatic nitrogens is 4. The average molecular weight is 259 g/mol. The Morgan fingerprint density at radius 1 is 1.32 bits per heavy atom. The molecule has 2 aromatic heterocycles. The first-order valence-electron chi connectivity index (χ1n) is 6.72. The van der Waals surface area contributed by atoms with E-state index in [2.05, 4.69) is 41.2 Å². The van der Waals surface area contributed by atoms with Crippen LogP contribution in [-0.4, -0.2) is 26.3 Å². The van der Waals surface area contributed by atoms with Gasteiger partial charge in [-0.05, 0) is 18.4 Å². The lowest BCUT2D eigenvalue weighted by Gasteiger charge is -2.15. The highest BCUT2D eigenvalue weighted by Gasteiger charge is 2.17. The largest absolute Gasteiger partial charge is 0.370 e. The van der Waals surface area contributed by atoms with Crippen LogP contribution < -0.4 is 5.32 Å². The molecule has 0 aliphatic heterocycles. The molecule has 0 aromatic carbocycles. The van der Waals surface area contributed by atoms with Crippen molar-refractivity contribution < 1.29 is 0 Å². The normalized spacial score (nSPS) is 11.0. The van der Waals surface area contributed by atoms with Crippen molar-refractivity contribution in [2.75, 3.05) is 11.9 Å². The summed E-state index contributed by atoms with van der Waals surface area (Å²) in [5.74, 6) is 1.27. The zero-order valence-corrected chi connectivity index (χ0v) is 12.0. The number of rotatable bonds is 5. The molecule has 19 heavy (non-hydrogen) atoms. The van der Waals surface area contributed by atoms with Gasteiger partial charge in [-0.2, -0.15) is 5.10 Å². The summed E-state index contributed by atoms with van der Waals surface area (Å²) in [6, 6.07) is 1.98. The molecule has 0 spiro atoms. The molecule has 1 N–H and O–H groups in total. The number of hydrogen-bond donors (Lipinski definition) is 1. The number of hydrogen-bond acceptors (Lipinski definition) is 4. The Balaban J connectivity index is 2.48. The topological polar surface area (TPSA) is 55.6 Å². The maximum absolute atomic E-state index is 4.44. The lowest BCUT2D eigenvalue weighted by atomic mass is 10.00. The second-order valence-corrected chi connectivity index (χ2v) is 4.94. The molecular weight excluding hydrogens is 238 g/mol. The molecule has 2 heterocycles. The van der Waals surface area contributed by atoms with Crippen molar-refractivity contribution >= 4 is 5.82 Å². The Kier molecular flexibility index (Phi) is 4.14. The Labute approximate surface area is 114 Å². The van der Waals surface area contributed by atoms with E-state index in [-0.39, 0.29) is 0 Å². The molecule has 0 unspecified atom stereocenters. The van der Waals surface area contributed by atoms with Gasteiger partial charge in [0.1, 0.15) is 17.8 Å². The smallest absolute Gasteiger partial charge is 0.133 e. The van der Waals surface area contributed by atoms with E-state index in [9.17, 15) is 0 Å². The summed E-state index contributed by atoms with van der Waals surface area (Å²) in [7, 11) is 1.91. The van der Waals surface area contributed by atoms with Crippen LogP contribution in [0.15, 0.2) is 18.6 Å². The maximum atomic E-state index is 4.44. The van der Waals surface area contributed by atoms with Crippen LogP contribution in [0.2, 0.25) is 0 Å². The first-order valence-corrected chi connectivity index (χ1v) is 6.72. The molecule has 2 rings (SSSR count). The van der Waals surface area contributed by atoms with Gasteiger partial charge in [0.05, 0.1) is 5.69 Å². The minimum atomic E-state index is 0.345. The molecular formula is C14H21N5. The molecule has 0 aliphatic rings. The molecule has 0 aliphatic carbocycles. The highest BCUT2D eigenvalue weighted by atomic mass is 15.3. The second kappa shape index (κ2) is 5.82. The van der Waals surface area contributed by atoms with Crippen LogP contribution >= 0.6 is 0 Å². The van der Waals surface area contributed by atoms with E-state index in [0.717, 1.165) is 35.7 Å². The van der Waals surface area contributed by atoms with Crippen molar-refractivity contribution in [3.63, 3.8) is 0 Å². The minimum absolute atomic E-state index is 0.345. The van der Waals surface area contributed by atoms with E-state index in [0.29, 0.717) is 5.92 Å². The molecule has 102 valence electrons. The van der Waals surface area contributed by atoms with Crippen molar-refractivity contribution in [3.05, 3.63) is 24.2 Å². The standard InChI is InChI=1S/C14H21N5/c1-5-7-15-14-12(10(2)3)13(16-9-17-14)11-6-8-19(4)18-11/h6,8-10H,5,7H2,1-4H3,(H,15,16,17). The average Bonchev–Trinajstić information content (AvgIpc) is 2.82. The Hall–Kier alpha value is -1.91. The van der Waals surface area contributed by atoms with E-state index < -0.39 is 0 Å².